The molecule has 0 amide bonds. The molecular formula is C3H5Cl4OPS. The summed E-state index contributed by atoms with van der Waals surface area (Å²) in [5.74, 6) is 0. The lowest BCUT2D eigenvalue weighted by Crippen LogP contribution is -2.10. The van der Waals surface area contributed by atoms with Gasteiger partial charge in [-0.15, -0.1) is 0 Å². The third-order valence-electron chi connectivity index (χ3n) is 0.459. The summed E-state index contributed by atoms with van der Waals surface area (Å²) in [7, 11) is 0. The van der Waals surface area contributed by atoms with Crippen molar-refractivity contribution in [2.24, 2.45) is 0 Å². The largest absolute Gasteiger partial charge is 0.333 e. The van der Waals surface area contributed by atoms with Gasteiger partial charge in [-0.3, -0.25) is 0 Å². The molecule has 10 heavy (non-hydrogen) atoms. The van der Waals surface area contributed by atoms with Crippen LogP contribution < -0.4 is 0 Å². The van der Waals surface area contributed by atoms with Crippen LogP contribution >= 0.6 is 51.7 Å². The van der Waals surface area contributed by atoms with Crippen molar-refractivity contribution in [1.82, 2.24) is 0 Å². The second kappa shape index (κ2) is 4.13. The fraction of sp³-hybridized carbons (Fsp3) is 1.00. The van der Waals surface area contributed by atoms with Crippen molar-refractivity contribution in [3.8, 4) is 0 Å². The summed E-state index contributed by atoms with van der Waals surface area (Å²) in [4.78, 5) is 0. The van der Waals surface area contributed by atoms with Gasteiger partial charge in [-0.1, -0.05) is 57.9 Å². The summed E-state index contributed by atoms with van der Waals surface area (Å²) < 4.78 is 3.47. The molecule has 0 saturated heterocycles. The molecule has 0 spiro atoms. The van der Waals surface area contributed by atoms with E-state index in [0.29, 0.717) is 0 Å². The van der Waals surface area contributed by atoms with Crippen LogP contribution in [0.15, 0.2) is 0 Å². The van der Waals surface area contributed by atoms with E-state index in [1.165, 1.54) is 0 Å². The van der Waals surface area contributed by atoms with Crippen LogP contribution in [0.2, 0.25) is 0 Å². The predicted octanol–water partition coefficient (Wildman–Crippen LogP) is 3.55. The molecule has 0 bridgehead atoms. The second-order valence-corrected chi connectivity index (χ2v) is 10.5. The lowest BCUT2D eigenvalue weighted by atomic mass is 10.9. The molecule has 0 aromatic heterocycles. The summed E-state index contributed by atoms with van der Waals surface area (Å²) >= 11 is 26.4. The van der Waals surface area contributed by atoms with E-state index >= 15 is 0 Å². The molecule has 1 unspecified atom stereocenters. The average Bonchev–Trinajstić information content (AvgIpc) is 1.57. The Morgan fingerprint density at radius 1 is 1.50 bits per heavy atom. The van der Waals surface area contributed by atoms with Crippen LogP contribution in [0.3, 0.4) is 0 Å². The van der Waals surface area contributed by atoms with Crippen molar-refractivity contribution in [2.75, 3.05) is 13.3 Å². The van der Waals surface area contributed by atoms with Crippen LogP contribution in [0.4, 0.5) is 0 Å². The molecular weight excluding hydrogens is 257 g/mol. The maximum absolute atomic E-state index is 5.57. The van der Waals surface area contributed by atoms with Gasteiger partial charge >= 0.3 is 0 Å². The highest BCUT2D eigenvalue weighted by molar-refractivity contribution is 8.24. The fourth-order valence-corrected chi connectivity index (χ4v) is 1.31. The molecule has 7 heteroatoms. The third kappa shape index (κ3) is 9.77. The number of halogens is 4. The standard InChI is InChI=1S/C3H5Cl4OPS/c1-9(7,10)8-2-3(4,5)6/h2H2,1H3. The van der Waals surface area contributed by atoms with E-state index in [-0.39, 0.29) is 6.61 Å². The van der Waals surface area contributed by atoms with Gasteiger partial charge in [0.2, 0.25) is 3.79 Å². The Morgan fingerprint density at radius 2 is 1.90 bits per heavy atom. The smallest absolute Gasteiger partial charge is 0.213 e. The first-order valence-electron chi connectivity index (χ1n) is 2.19. The highest BCUT2D eigenvalue weighted by Crippen LogP contribution is 2.50. The van der Waals surface area contributed by atoms with Crippen LogP contribution in [0.5, 0.6) is 0 Å². The molecule has 0 fully saturated rings. The molecule has 0 aromatic carbocycles. The number of alkyl halides is 3. The Hall–Kier alpha value is 1.77. The van der Waals surface area contributed by atoms with Crippen LogP contribution in [0, 0.1) is 0 Å². The van der Waals surface area contributed by atoms with Crippen LogP contribution in [0.25, 0.3) is 0 Å². The maximum atomic E-state index is 5.57. The van der Waals surface area contributed by atoms with Gasteiger partial charge in [-0.05, 0) is 0 Å². The number of rotatable bonds is 2. The molecule has 0 aliphatic rings. The van der Waals surface area contributed by atoms with E-state index in [2.05, 4.69) is 0 Å². The lowest BCUT2D eigenvalue weighted by molar-refractivity contribution is 0.370. The predicted molar refractivity (Wildman–Crippen MR) is 52.3 cm³/mol. The van der Waals surface area contributed by atoms with E-state index < -0.39 is 9.41 Å². The lowest BCUT2D eigenvalue weighted by Gasteiger charge is -2.14. The van der Waals surface area contributed by atoms with Gasteiger partial charge in [-0.2, -0.15) is 0 Å². The number of hydrogen-bond acceptors (Lipinski definition) is 2. The Bertz CT molecular complexity index is 149. The average molecular weight is 262 g/mol. The Kier molecular flexibility index (Phi) is 4.87. The summed E-state index contributed by atoms with van der Waals surface area (Å²) in [5.41, 5.74) is -2.21. The fourth-order valence-electron chi connectivity index (χ4n) is 0.188. The maximum Gasteiger partial charge on any atom is 0.213 e. The SMILES string of the molecule is CP(=S)(Cl)OCC(Cl)(Cl)Cl. The number of hydrogen-bond donors (Lipinski definition) is 0. The topological polar surface area (TPSA) is 9.23 Å². The van der Waals surface area contributed by atoms with E-state index in [1.54, 1.807) is 6.66 Å². The van der Waals surface area contributed by atoms with Crippen LogP contribution in [-0.4, -0.2) is 17.1 Å². The van der Waals surface area contributed by atoms with Crippen LogP contribution in [0.1, 0.15) is 0 Å². The first kappa shape index (κ1) is 11.8. The van der Waals surface area contributed by atoms with E-state index in [9.17, 15) is 0 Å². The molecule has 0 saturated carbocycles. The Morgan fingerprint density at radius 3 is 2.00 bits per heavy atom. The van der Waals surface area contributed by atoms with Crippen molar-refractivity contribution < 1.29 is 4.52 Å². The quantitative estimate of drug-likeness (QED) is 0.555. The van der Waals surface area contributed by atoms with E-state index in [1.807, 2.05) is 0 Å². The molecule has 0 radical (unpaired) electrons. The summed E-state index contributed by atoms with van der Waals surface area (Å²) in [6.07, 6.45) is 0. The van der Waals surface area contributed by atoms with Gasteiger partial charge < -0.3 is 4.52 Å². The molecule has 0 aromatic rings. The van der Waals surface area contributed by atoms with Gasteiger partial charge in [0.05, 0.1) is 0 Å². The molecule has 0 aliphatic heterocycles. The van der Waals surface area contributed by atoms with Gasteiger partial charge in [0.1, 0.15) is 12.2 Å². The molecule has 1 atom stereocenters. The van der Waals surface area contributed by atoms with Crippen molar-refractivity contribution in [1.29, 1.82) is 0 Å². The monoisotopic (exact) mass is 260 g/mol. The van der Waals surface area contributed by atoms with E-state index in [0.717, 1.165) is 0 Å². The highest BCUT2D eigenvalue weighted by atomic mass is 35.7. The van der Waals surface area contributed by atoms with Crippen molar-refractivity contribution in [2.45, 2.75) is 3.79 Å². The van der Waals surface area contributed by atoms with Crippen molar-refractivity contribution in [3.05, 3.63) is 0 Å². The zero-order valence-electron chi connectivity index (χ0n) is 4.98. The van der Waals surface area contributed by atoms with Crippen molar-refractivity contribution >= 4 is 63.5 Å². The summed E-state index contributed by atoms with van der Waals surface area (Å²) in [5, 5.41) is 0. The van der Waals surface area contributed by atoms with Gasteiger partial charge in [0.15, 0.2) is 0 Å². The Balaban J connectivity index is 3.67. The first-order valence-corrected chi connectivity index (χ1v) is 7.40. The summed E-state index contributed by atoms with van der Waals surface area (Å²) in [6, 6.07) is 0. The minimum absolute atomic E-state index is 0.0606. The van der Waals surface area contributed by atoms with Crippen molar-refractivity contribution in [3.63, 3.8) is 0 Å². The zero-order valence-corrected chi connectivity index (χ0v) is 9.72. The molecule has 0 heterocycles. The van der Waals surface area contributed by atoms with E-state index in [4.69, 9.17) is 62.4 Å². The van der Waals surface area contributed by atoms with Gasteiger partial charge in [0.25, 0.3) is 0 Å². The summed E-state index contributed by atoms with van der Waals surface area (Å²) in [6.45, 7) is 1.54. The minimum atomic E-state index is -2.21. The van der Waals surface area contributed by atoms with Gasteiger partial charge in [0, 0.05) is 6.66 Å². The normalized spacial score (nSPS) is 18.5. The molecule has 0 rings (SSSR count). The van der Waals surface area contributed by atoms with Crippen LogP contribution in [-0.2, 0) is 16.3 Å². The highest BCUT2D eigenvalue weighted by Gasteiger charge is 2.22. The minimum Gasteiger partial charge on any atom is -0.333 e. The van der Waals surface area contributed by atoms with Gasteiger partial charge in [-0.25, -0.2) is 0 Å². The molecule has 0 aliphatic carbocycles. The third-order valence-corrected chi connectivity index (χ3v) is 1.99. The second-order valence-electron chi connectivity index (χ2n) is 1.64. The zero-order chi connectivity index (χ0) is 8.41. The first-order chi connectivity index (χ1) is 4.21. The molecule has 0 N–H and O–H groups in total. The molecule has 1 nitrogen and oxygen atoms in total. The molecule has 62 valence electrons. The Labute approximate surface area is 84.8 Å².